The summed E-state index contributed by atoms with van der Waals surface area (Å²) in [6.45, 7) is 6.89. The summed E-state index contributed by atoms with van der Waals surface area (Å²) in [7, 11) is 0. The van der Waals surface area contributed by atoms with Crippen molar-refractivity contribution in [2.45, 2.75) is 45.8 Å². The van der Waals surface area contributed by atoms with Crippen LogP contribution in [0.1, 0.15) is 44.4 Å². The zero-order valence-electron chi connectivity index (χ0n) is 12.2. The van der Waals surface area contributed by atoms with Gasteiger partial charge in [-0.05, 0) is 44.9 Å². The standard InChI is InChI=1S/C15H20FNO3/c1-10-9-11(5-6-12(10)16)13(7-8-18)17-14(19)20-15(2,3)4/h5-6,8-9,13H,7H2,1-4H3,(H,17,19)/t13-/m1/s1. The Hall–Kier alpha value is -1.91. The van der Waals surface area contributed by atoms with Crippen LogP contribution in [0.25, 0.3) is 0 Å². The number of carbonyl (C=O) groups excluding carboxylic acids is 2. The number of rotatable bonds is 4. The summed E-state index contributed by atoms with van der Waals surface area (Å²) in [6.07, 6.45) is 0.205. The fourth-order valence-electron chi connectivity index (χ4n) is 1.71. The maximum atomic E-state index is 13.3. The van der Waals surface area contributed by atoms with Gasteiger partial charge in [0.1, 0.15) is 17.7 Å². The lowest BCUT2D eigenvalue weighted by atomic mass is 10.0. The Morgan fingerprint density at radius 2 is 2.10 bits per heavy atom. The largest absolute Gasteiger partial charge is 0.444 e. The van der Waals surface area contributed by atoms with Crippen LogP contribution in [0.4, 0.5) is 9.18 Å². The van der Waals surface area contributed by atoms with Crippen LogP contribution in [0.2, 0.25) is 0 Å². The number of aldehydes is 1. The van der Waals surface area contributed by atoms with Crippen molar-refractivity contribution < 1.29 is 18.7 Å². The van der Waals surface area contributed by atoms with Crippen LogP contribution >= 0.6 is 0 Å². The fourth-order valence-corrected chi connectivity index (χ4v) is 1.71. The molecule has 0 fully saturated rings. The number of benzene rings is 1. The van der Waals surface area contributed by atoms with Gasteiger partial charge in [0.15, 0.2) is 0 Å². The highest BCUT2D eigenvalue weighted by atomic mass is 19.1. The number of aryl methyl sites for hydroxylation is 1. The summed E-state index contributed by atoms with van der Waals surface area (Å²) in [6, 6.07) is 3.95. The van der Waals surface area contributed by atoms with E-state index in [2.05, 4.69) is 5.32 Å². The van der Waals surface area contributed by atoms with Gasteiger partial charge < -0.3 is 14.8 Å². The second kappa shape index (κ2) is 6.50. The van der Waals surface area contributed by atoms with Crippen molar-refractivity contribution in [2.75, 3.05) is 0 Å². The topological polar surface area (TPSA) is 55.4 Å². The summed E-state index contributed by atoms with van der Waals surface area (Å²) < 4.78 is 18.4. The molecule has 1 N–H and O–H groups in total. The smallest absolute Gasteiger partial charge is 0.408 e. The Morgan fingerprint density at radius 3 is 2.60 bits per heavy atom. The van der Waals surface area contributed by atoms with Crippen LogP contribution in [-0.2, 0) is 9.53 Å². The number of hydrogen-bond donors (Lipinski definition) is 1. The quantitative estimate of drug-likeness (QED) is 0.862. The lowest BCUT2D eigenvalue weighted by molar-refractivity contribution is -0.108. The number of carbonyl (C=O) groups is 2. The summed E-state index contributed by atoms with van der Waals surface area (Å²) >= 11 is 0. The minimum Gasteiger partial charge on any atom is -0.444 e. The maximum Gasteiger partial charge on any atom is 0.408 e. The van der Waals surface area contributed by atoms with Gasteiger partial charge in [-0.2, -0.15) is 0 Å². The molecule has 0 radical (unpaired) electrons. The highest BCUT2D eigenvalue weighted by Crippen LogP contribution is 2.20. The van der Waals surface area contributed by atoms with Gasteiger partial charge in [-0.25, -0.2) is 9.18 Å². The van der Waals surface area contributed by atoms with E-state index in [1.165, 1.54) is 6.07 Å². The Morgan fingerprint density at radius 1 is 1.45 bits per heavy atom. The molecular formula is C15H20FNO3. The number of hydrogen-bond acceptors (Lipinski definition) is 3. The van der Waals surface area contributed by atoms with E-state index in [1.807, 2.05) is 0 Å². The molecular weight excluding hydrogens is 261 g/mol. The summed E-state index contributed by atoms with van der Waals surface area (Å²) in [5.41, 5.74) is 0.514. The Kier molecular flexibility index (Phi) is 5.25. The van der Waals surface area contributed by atoms with Gasteiger partial charge in [-0.15, -0.1) is 0 Å². The van der Waals surface area contributed by atoms with Crippen LogP contribution in [0.3, 0.4) is 0 Å². The molecule has 0 saturated carbocycles. The molecule has 1 rings (SSSR count). The van der Waals surface area contributed by atoms with Crippen LogP contribution in [0.15, 0.2) is 18.2 Å². The Labute approximate surface area is 118 Å². The molecule has 0 aliphatic carbocycles. The second-order valence-corrected chi connectivity index (χ2v) is 5.61. The normalized spacial score (nSPS) is 12.7. The average Bonchev–Trinajstić information content (AvgIpc) is 2.30. The Bertz CT molecular complexity index is 494. The third-order valence-electron chi connectivity index (χ3n) is 2.61. The molecule has 1 aromatic rings. The molecule has 0 spiro atoms. The predicted molar refractivity (Wildman–Crippen MR) is 73.9 cm³/mol. The molecule has 4 nitrogen and oxygen atoms in total. The number of amides is 1. The van der Waals surface area contributed by atoms with Crippen molar-refractivity contribution in [1.29, 1.82) is 0 Å². The van der Waals surface area contributed by atoms with Gasteiger partial charge >= 0.3 is 6.09 Å². The van der Waals surface area contributed by atoms with Crippen molar-refractivity contribution in [3.8, 4) is 0 Å². The first-order valence-electron chi connectivity index (χ1n) is 6.42. The van der Waals surface area contributed by atoms with Gasteiger partial charge in [0.2, 0.25) is 0 Å². The van der Waals surface area contributed by atoms with E-state index < -0.39 is 17.7 Å². The highest BCUT2D eigenvalue weighted by Gasteiger charge is 2.20. The lowest BCUT2D eigenvalue weighted by Crippen LogP contribution is -2.35. The summed E-state index contributed by atoms with van der Waals surface area (Å²) in [5, 5.41) is 2.62. The molecule has 1 amide bonds. The molecule has 0 bridgehead atoms. The van der Waals surface area contributed by atoms with Gasteiger partial charge in [-0.3, -0.25) is 0 Å². The first-order valence-corrected chi connectivity index (χ1v) is 6.42. The first-order chi connectivity index (χ1) is 9.23. The van der Waals surface area contributed by atoms with Crippen LogP contribution in [0.5, 0.6) is 0 Å². The van der Waals surface area contributed by atoms with Crippen LogP contribution < -0.4 is 5.32 Å². The van der Waals surface area contributed by atoms with Gasteiger partial charge in [0.25, 0.3) is 0 Å². The number of nitrogens with one attached hydrogen (secondary N) is 1. The molecule has 1 aromatic carbocycles. The van der Waals surface area contributed by atoms with Crippen molar-refractivity contribution in [1.82, 2.24) is 5.32 Å². The molecule has 0 heterocycles. The zero-order valence-corrected chi connectivity index (χ0v) is 12.2. The van der Waals surface area contributed by atoms with Gasteiger partial charge in [0, 0.05) is 6.42 Å². The van der Waals surface area contributed by atoms with E-state index >= 15 is 0 Å². The molecule has 0 aliphatic rings. The molecule has 1 atom stereocenters. The Balaban J connectivity index is 2.85. The van der Waals surface area contributed by atoms with Crippen LogP contribution in [-0.4, -0.2) is 18.0 Å². The predicted octanol–water partition coefficient (Wildman–Crippen LogP) is 3.29. The lowest BCUT2D eigenvalue weighted by Gasteiger charge is -2.23. The summed E-state index contributed by atoms with van der Waals surface area (Å²) in [5.74, 6) is -0.323. The van der Waals surface area contributed by atoms with Crippen molar-refractivity contribution in [3.05, 3.63) is 35.1 Å². The molecule has 0 aliphatic heterocycles. The first kappa shape index (κ1) is 16.1. The summed E-state index contributed by atoms with van der Waals surface area (Å²) in [4.78, 5) is 22.5. The van der Waals surface area contributed by atoms with E-state index in [9.17, 15) is 14.0 Å². The number of ether oxygens (including phenoxy) is 1. The average molecular weight is 281 g/mol. The maximum absolute atomic E-state index is 13.3. The number of halogens is 1. The van der Waals surface area contributed by atoms with E-state index in [1.54, 1.807) is 39.8 Å². The zero-order chi connectivity index (χ0) is 15.3. The van der Waals surface area contributed by atoms with Crippen LogP contribution in [0, 0.1) is 12.7 Å². The minimum absolute atomic E-state index is 0.102. The van der Waals surface area contributed by atoms with E-state index in [4.69, 9.17) is 4.74 Å². The van der Waals surface area contributed by atoms with E-state index in [0.29, 0.717) is 17.4 Å². The number of alkyl carbamates (subject to hydrolysis) is 1. The third-order valence-corrected chi connectivity index (χ3v) is 2.61. The third kappa shape index (κ3) is 4.99. The molecule has 110 valence electrons. The SMILES string of the molecule is Cc1cc([C@@H](CC=O)NC(=O)OC(C)(C)C)ccc1F. The van der Waals surface area contributed by atoms with Crippen molar-refractivity contribution >= 4 is 12.4 Å². The van der Waals surface area contributed by atoms with Gasteiger partial charge in [-0.1, -0.05) is 12.1 Å². The molecule has 20 heavy (non-hydrogen) atoms. The monoisotopic (exact) mass is 281 g/mol. The molecule has 5 heteroatoms. The van der Waals surface area contributed by atoms with Crippen molar-refractivity contribution in [3.63, 3.8) is 0 Å². The minimum atomic E-state index is -0.617. The molecule has 0 aromatic heterocycles. The van der Waals surface area contributed by atoms with E-state index in [0.717, 1.165) is 0 Å². The van der Waals surface area contributed by atoms with Crippen molar-refractivity contribution in [2.24, 2.45) is 0 Å². The fraction of sp³-hybridized carbons (Fsp3) is 0.467. The van der Waals surface area contributed by atoms with Gasteiger partial charge in [0.05, 0.1) is 6.04 Å². The van der Waals surface area contributed by atoms with E-state index in [-0.39, 0.29) is 12.2 Å². The highest BCUT2D eigenvalue weighted by molar-refractivity contribution is 5.69. The molecule has 0 saturated heterocycles. The second-order valence-electron chi connectivity index (χ2n) is 5.61. The molecule has 0 unspecified atom stereocenters.